The zero-order chi connectivity index (χ0) is 21.2. The second kappa shape index (κ2) is 11.2. The van der Waals surface area contributed by atoms with Crippen LogP contribution in [-0.4, -0.2) is 56.2 Å². The van der Waals surface area contributed by atoms with E-state index in [1.807, 2.05) is 48.2 Å². The number of carbonyl (C=O) groups is 2. The van der Waals surface area contributed by atoms with E-state index in [0.29, 0.717) is 36.8 Å². The molecule has 1 aliphatic rings. The molecule has 0 bridgehead atoms. The molecule has 3 rings (SSSR count). The van der Waals surface area contributed by atoms with Gasteiger partial charge in [0.1, 0.15) is 12.4 Å². The maximum atomic E-state index is 12.5. The van der Waals surface area contributed by atoms with Crippen molar-refractivity contribution in [2.24, 2.45) is 0 Å². The first-order chi connectivity index (χ1) is 14.7. The third kappa shape index (κ3) is 6.22. The van der Waals surface area contributed by atoms with Gasteiger partial charge in [0.05, 0.1) is 18.8 Å². The standard InChI is InChI=1S/C23H29N3O4/c1-2-29-14-15-30-21-11-4-3-10-20(21)25-22(27)17-24-19-9-7-8-18(16-19)23(28)26-12-5-6-13-26/h3-4,7-11,16,24H,2,5-6,12-15,17H2,1H3,(H,25,27). The molecular weight excluding hydrogens is 382 g/mol. The van der Waals surface area contributed by atoms with Gasteiger partial charge in [0, 0.05) is 30.9 Å². The number of nitrogens with zero attached hydrogens (tertiary/aromatic N) is 1. The van der Waals surface area contributed by atoms with Crippen LogP contribution in [-0.2, 0) is 9.53 Å². The Hall–Kier alpha value is -3.06. The van der Waals surface area contributed by atoms with Gasteiger partial charge in [-0.15, -0.1) is 0 Å². The molecule has 1 heterocycles. The third-order valence-electron chi connectivity index (χ3n) is 4.81. The predicted molar refractivity (Wildman–Crippen MR) is 117 cm³/mol. The number of hydrogen-bond acceptors (Lipinski definition) is 5. The minimum Gasteiger partial charge on any atom is -0.489 e. The van der Waals surface area contributed by atoms with E-state index in [0.717, 1.165) is 31.6 Å². The molecule has 2 aromatic carbocycles. The number of rotatable bonds is 10. The molecule has 2 amide bonds. The van der Waals surface area contributed by atoms with Gasteiger partial charge in [-0.1, -0.05) is 18.2 Å². The second-order valence-electron chi connectivity index (χ2n) is 7.02. The highest BCUT2D eigenvalue weighted by Crippen LogP contribution is 2.23. The van der Waals surface area contributed by atoms with E-state index in [2.05, 4.69) is 10.6 Å². The molecule has 1 aliphatic heterocycles. The average Bonchev–Trinajstić information content (AvgIpc) is 3.31. The Balaban J connectivity index is 1.53. The van der Waals surface area contributed by atoms with E-state index in [1.165, 1.54) is 0 Å². The van der Waals surface area contributed by atoms with Crippen molar-refractivity contribution in [3.8, 4) is 5.75 Å². The van der Waals surface area contributed by atoms with Gasteiger partial charge in [-0.05, 0) is 50.1 Å². The number of para-hydroxylation sites is 2. The fourth-order valence-electron chi connectivity index (χ4n) is 3.29. The zero-order valence-corrected chi connectivity index (χ0v) is 17.4. The Kier molecular flexibility index (Phi) is 8.09. The van der Waals surface area contributed by atoms with Gasteiger partial charge in [0.25, 0.3) is 5.91 Å². The maximum Gasteiger partial charge on any atom is 0.253 e. The van der Waals surface area contributed by atoms with Crippen LogP contribution in [0, 0.1) is 0 Å². The summed E-state index contributed by atoms with van der Waals surface area (Å²) in [7, 11) is 0. The molecule has 7 nitrogen and oxygen atoms in total. The number of amides is 2. The lowest BCUT2D eigenvalue weighted by Gasteiger charge is -2.16. The smallest absolute Gasteiger partial charge is 0.253 e. The first kappa shape index (κ1) is 21.6. The van der Waals surface area contributed by atoms with Gasteiger partial charge in [-0.3, -0.25) is 9.59 Å². The predicted octanol–water partition coefficient (Wildman–Crippen LogP) is 3.39. The Morgan fingerprint density at radius 2 is 1.83 bits per heavy atom. The van der Waals surface area contributed by atoms with E-state index >= 15 is 0 Å². The normalized spacial score (nSPS) is 13.2. The Labute approximate surface area is 177 Å². The van der Waals surface area contributed by atoms with Crippen molar-refractivity contribution >= 4 is 23.2 Å². The van der Waals surface area contributed by atoms with E-state index in [1.54, 1.807) is 12.1 Å². The number of nitrogens with one attached hydrogen (secondary N) is 2. The van der Waals surface area contributed by atoms with Crippen molar-refractivity contribution in [2.45, 2.75) is 19.8 Å². The summed E-state index contributed by atoms with van der Waals surface area (Å²) < 4.78 is 11.0. The molecule has 7 heteroatoms. The van der Waals surface area contributed by atoms with Crippen LogP contribution in [0.1, 0.15) is 30.1 Å². The highest BCUT2D eigenvalue weighted by molar-refractivity contribution is 5.96. The lowest BCUT2D eigenvalue weighted by Crippen LogP contribution is -2.27. The van der Waals surface area contributed by atoms with E-state index in [-0.39, 0.29) is 18.4 Å². The zero-order valence-electron chi connectivity index (χ0n) is 17.4. The van der Waals surface area contributed by atoms with Crippen molar-refractivity contribution in [1.82, 2.24) is 4.90 Å². The van der Waals surface area contributed by atoms with Gasteiger partial charge in [0.15, 0.2) is 0 Å². The summed E-state index contributed by atoms with van der Waals surface area (Å²) in [5.74, 6) is 0.439. The maximum absolute atomic E-state index is 12.5. The molecule has 0 saturated carbocycles. The molecule has 160 valence electrons. The van der Waals surface area contributed by atoms with Crippen molar-refractivity contribution in [1.29, 1.82) is 0 Å². The number of likely N-dealkylation sites (tertiary alicyclic amines) is 1. The first-order valence-electron chi connectivity index (χ1n) is 10.4. The Bertz CT molecular complexity index is 850. The topological polar surface area (TPSA) is 79.9 Å². The molecule has 0 aromatic heterocycles. The summed E-state index contributed by atoms with van der Waals surface area (Å²) in [5.41, 5.74) is 1.98. The number of hydrogen-bond donors (Lipinski definition) is 2. The van der Waals surface area contributed by atoms with Crippen molar-refractivity contribution in [3.63, 3.8) is 0 Å². The number of carbonyl (C=O) groups excluding carboxylic acids is 2. The summed E-state index contributed by atoms with van der Waals surface area (Å²) in [6, 6.07) is 14.6. The molecule has 1 fully saturated rings. The van der Waals surface area contributed by atoms with E-state index < -0.39 is 0 Å². The van der Waals surface area contributed by atoms with Crippen molar-refractivity contribution < 1.29 is 19.1 Å². The fraction of sp³-hybridized carbons (Fsp3) is 0.391. The van der Waals surface area contributed by atoms with Gasteiger partial charge < -0.3 is 25.0 Å². The average molecular weight is 412 g/mol. The number of ether oxygens (including phenoxy) is 2. The molecule has 0 atom stereocenters. The van der Waals surface area contributed by atoms with Crippen molar-refractivity contribution in [3.05, 3.63) is 54.1 Å². The molecular formula is C23H29N3O4. The van der Waals surface area contributed by atoms with Crippen LogP contribution in [0.4, 0.5) is 11.4 Å². The quantitative estimate of drug-likeness (QED) is 0.586. The minimum absolute atomic E-state index is 0.0405. The second-order valence-corrected chi connectivity index (χ2v) is 7.02. The van der Waals surface area contributed by atoms with E-state index in [4.69, 9.17) is 9.47 Å². The molecule has 0 aliphatic carbocycles. The van der Waals surface area contributed by atoms with Crippen LogP contribution >= 0.6 is 0 Å². The summed E-state index contributed by atoms with van der Waals surface area (Å²) in [6.07, 6.45) is 2.11. The lowest BCUT2D eigenvalue weighted by molar-refractivity contribution is -0.114. The fourth-order valence-corrected chi connectivity index (χ4v) is 3.29. The largest absolute Gasteiger partial charge is 0.489 e. The summed E-state index contributed by atoms with van der Waals surface area (Å²) in [4.78, 5) is 26.8. The van der Waals surface area contributed by atoms with Gasteiger partial charge >= 0.3 is 0 Å². The van der Waals surface area contributed by atoms with Crippen LogP contribution in [0.25, 0.3) is 0 Å². The molecule has 1 saturated heterocycles. The molecule has 0 radical (unpaired) electrons. The Morgan fingerprint density at radius 3 is 2.63 bits per heavy atom. The molecule has 30 heavy (non-hydrogen) atoms. The highest BCUT2D eigenvalue weighted by Gasteiger charge is 2.19. The van der Waals surface area contributed by atoms with Crippen LogP contribution < -0.4 is 15.4 Å². The van der Waals surface area contributed by atoms with Crippen LogP contribution in [0.15, 0.2) is 48.5 Å². The first-order valence-corrected chi connectivity index (χ1v) is 10.4. The number of anilines is 2. The van der Waals surface area contributed by atoms with Gasteiger partial charge in [-0.2, -0.15) is 0 Å². The van der Waals surface area contributed by atoms with E-state index in [9.17, 15) is 9.59 Å². The summed E-state index contributed by atoms with van der Waals surface area (Å²) in [5, 5.41) is 5.95. The number of benzene rings is 2. The monoisotopic (exact) mass is 411 g/mol. The molecule has 0 unspecified atom stereocenters. The SMILES string of the molecule is CCOCCOc1ccccc1NC(=O)CNc1cccc(C(=O)N2CCCC2)c1. The minimum atomic E-state index is -0.202. The van der Waals surface area contributed by atoms with Crippen molar-refractivity contribution in [2.75, 3.05) is 50.1 Å². The van der Waals surface area contributed by atoms with Crippen LogP contribution in [0.3, 0.4) is 0 Å². The summed E-state index contributed by atoms with van der Waals surface area (Å²) in [6.45, 7) is 5.17. The highest BCUT2D eigenvalue weighted by atomic mass is 16.5. The Morgan fingerprint density at radius 1 is 1.03 bits per heavy atom. The molecule has 0 spiro atoms. The molecule has 2 aromatic rings. The lowest BCUT2D eigenvalue weighted by atomic mass is 10.1. The summed E-state index contributed by atoms with van der Waals surface area (Å²) >= 11 is 0. The van der Waals surface area contributed by atoms with Crippen LogP contribution in [0.2, 0.25) is 0 Å². The molecule has 2 N–H and O–H groups in total. The van der Waals surface area contributed by atoms with Crippen LogP contribution in [0.5, 0.6) is 5.75 Å². The van der Waals surface area contributed by atoms with Gasteiger partial charge in [0.2, 0.25) is 5.91 Å². The third-order valence-corrected chi connectivity index (χ3v) is 4.81. The van der Waals surface area contributed by atoms with Gasteiger partial charge in [-0.25, -0.2) is 0 Å².